The summed E-state index contributed by atoms with van der Waals surface area (Å²) < 4.78 is 0. The van der Waals surface area contributed by atoms with E-state index in [-0.39, 0.29) is 5.91 Å². The lowest BCUT2D eigenvalue weighted by molar-refractivity contribution is -0.137. The van der Waals surface area contributed by atoms with Gasteiger partial charge in [-0.1, -0.05) is 13.8 Å². The van der Waals surface area contributed by atoms with Gasteiger partial charge in [-0.3, -0.25) is 4.79 Å². The summed E-state index contributed by atoms with van der Waals surface area (Å²) in [5.74, 6) is 0.617. The van der Waals surface area contributed by atoms with Gasteiger partial charge in [0.05, 0.1) is 12.5 Å². The third kappa shape index (κ3) is 2.48. The van der Waals surface area contributed by atoms with Gasteiger partial charge >= 0.3 is 0 Å². The number of hydrogen-bond donors (Lipinski definition) is 1. The standard InChI is InChI=1S/C9H17NO2/c1-7(2)6-10-4-3-8(11)5-9(10)12/h7-8,11H,3-6H2,1-2H3. The van der Waals surface area contributed by atoms with Crippen LogP contribution >= 0.6 is 0 Å². The van der Waals surface area contributed by atoms with Crippen LogP contribution in [0.5, 0.6) is 0 Å². The molecular formula is C9H17NO2. The van der Waals surface area contributed by atoms with Crippen molar-refractivity contribution in [2.75, 3.05) is 13.1 Å². The molecule has 1 N–H and O–H groups in total. The van der Waals surface area contributed by atoms with E-state index >= 15 is 0 Å². The van der Waals surface area contributed by atoms with Gasteiger partial charge in [0, 0.05) is 13.1 Å². The average molecular weight is 171 g/mol. The van der Waals surface area contributed by atoms with Crippen molar-refractivity contribution in [2.24, 2.45) is 5.92 Å². The summed E-state index contributed by atoms with van der Waals surface area (Å²) in [4.78, 5) is 13.2. The van der Waals surface area contributed by atoms with Gasteiger partial charge in [0.2, 0.25) is 5.91 Å². The van der Waals surface area contributed by atoms with Crippen LogP contribution in [0.2, 0.25) is 0 Å². The van der Waals surface area contributed by atoms with E-state index in [0.29, 0.717) is 12.3 Å². The molecule has 1 atom stereocenters. The number of hydrogen-bond acceptors (Lipinski definition) is 2. The highest BCUT2D eigenvalue weighted by Crippen LogP contribution is 2.12. The summed E-state index contributed by atoms with van der Waals surface area (Å²) in [5.41, 5.74) is 0. The summed E-state index contributed by atoms with van der Waals surface area (Å²) in [6.45, 7) is 5.74. The van der Waals surface area contributed by atoms with Crippen LogP contribution in [0.1, 0.15) is 26.7 Å². The SMILES string of the molecule is CC(C)CN1CCC(O)CC1=O. The zero-order valence-electron chi connectivity index (χ0n) is 7.79. The number of amides is 1. The zero-order chi connectivity index (χ0) is 9.14. The maximum absolute atomic E-state index is 11.3. The molecule has 1 aliphatic heterocycles. The Hall–Kier alpha value is -0.570. The first-order valence-electron chi connectivity index (χ1n) is 4.55. The Bertz CT molecular complexity index is 168. The smallest absolute Gasteiger partial charge is 0.225 e. The van der Waals surface area contributed by atoms with Crippen molar-refractivity contribution in [3.05, 3.63) is 0 Å². The van der Waals surface area contributed by atoms with Crippen molar-refractivity contribution in [2.45, 2.75) is 32.8 Å². The van der Waals surface area contributed by atoms with Crippen LogP contribution in [-0.2, 0) is 4.79 Å². The largest absolute Gasteiger partial charge is 0.393 e. The lowest BCUT2D eigenvalue weighted by Gasteiger charge is -2.30. The lowest BCUT2D eigenvalue weighted by Crippen LogP contribution is -2.42. The quantitative estimate of drug-likeness (QED) is 0.662. The van der Waals surface area contributed by atoms with Gasteiger partial charge in [-0.05, 0) is 12.3 Å². The number of carbonyl (C=O) groups excluding carboxylic acids is 1. The molecule has 0 aromatic rings. The molecule has 0 bridgehead atoms. The zero-order valence-corrected chi connectivity index (χ0v) is 7.79. The third-order valence-electron chi connectivity index (χ3n) is 2.08. The predicted octanol–water partition coefficient (Wildman–Crippen LogP) is 0.626. The van der Waals surface area contributed by atoms with E-state index in [9.17, 15) is 9.90 Å². The van der Waals surface area contributed by atoms with E-state index in [1.807, 2.05) is 4.90 Å². The van der Waals surface area contributed by atoms with Gasteiger partial charge in [-0.2, -0.15) is 0 Å². The van der Waals surface area contributed by atoms with Crippen LogP contribution in [0, 0.1) is 5.92 Å². The molecule has 12 heavy (non-hydrogen) atoms. The first-order chi connectivity index (χ1) is 5.59. The molecule has 0 aliphatic carbocycles. The van der Waals surface area contributed by atoms with E-state index in [1.165, 1.54) is 0 Å². The van der Waals surface area contributed by atoms with Crippen LogP contribution in [0.4, 0.5) is 0 Å². The Morgan fingerprint density at radius 2 is 2.33 bits per heavy atom. The minimum absolute atomic E-state index is 0.0995. The Morgan fingerprint density at radius 3 is 2.83 bits per heavy atom. The normalized spacial score (nSPS) is 25.2. The number of rotatable bonds is 2. The fraction of sp³-hybridized carbons (Fsp3) is 0.889. The predicted molar refractivity (Wildman–Crippen MR) is 46.7 cm³/mol. The molecular weight excluding hydrogens is 154 g/mol. The van der Waals surface area contributed by atoms with E-state index in [0.717, 1.165) is 19.5 Å². The summed E-state index contributed by atoms with van der Waals surface area (Å²) in [6, 6.07) is 0. The molecule has 3 nitrogen and oxygen atoms in total. The molecule has 1 fully saturated rings. The third-order valence-corrected chi connectivity index (χ3v) is 2.08. The Morgan fingerprint density at radius 1 is 1.67 bits per heavy atom. The number of carbonyl (C=O) groups is 1. The number of aliphatic hydroxyl groups excluding tert-OH is 1. The summed E-state index contributed by atoms with van der Waals surface area (Å²) in [7, 11) is 0. The van der Waals surface area contributed by atoms with E-state index in [1.54, 1.807) is 0 Å². The molecule has 1 rings (SSSR count). The van der Waals surface area contributed by atoms with E-state index < -0.39 is 6.10 Å². The molecule has 0 radical (unpaired) electrons. The van der Waals surface area contributed by atoms with Crippen molar-refractivity contribution < 1.29 is 9.90 Å². The second-order valence-electron chi connectivity index (χ2n) is 3.88. The lowest BCUT2D eigenvalue weighted by atomic mass is 10.1. The molecule has 1 heterocycles. The van der Waals surface area contributed by atoms with Crippen molar-refractivity contribution in [1.29, 1.82) is 0 Å². The number of piperidine rings is 1. The summed E-state index contributed by atoms with van der Waals surface area (Å²) in [6.07, 6.45) is 0.645. The van der Waals surface area contributed by atoms with Gasteiger partial charge < -0.3 is 10.0 Å². The van der Waals surface area contributed by atoms with Crippen LogP contribution in [0.15, 0.2) is 0 Å². The Labute approximate surface area is 73.4 Å². The van der Waals surface area contributed by atoms with Gasteiger partial charge in [-0.25, -0.2) is 0 Å². The molecule has 0 spiro atoms. The second kappa shape index (κ2) is 3.90. The highest BCUT2D eigenvalue weighted by Gasteiger charge is 2.24. The van der Waals surface area contributed by atoms with Crippen molar-refractivity contribution >= 4 is 5.91 Å². The first kappa shape index (κ1) is 9.52. The van der Waals surface area contributed by atoms with Crippen molar-refractivity contribution in [3.8, 4) is 0 Å². The van der Waals surface area contributed by atoms with E-state index in [4.69, 9.17) is 0 Å². The Balaban J connectivity index is 2.40. The van der Waals surface area contributed by atoms with Crippen LogP contribution in [-0.4, -0.2) is 35.1 Å². The van der Waals surface area contributed by atoms with Crippen LogP contribution in [0.25, 0.3) is 0 Å². The highest BCUT2D eigenvalue weighted by molar-refractivity contribution is 5.77. The maximum Gasteiger partial charge on any atom is 0.225 e. The van der Waals surface area contributed by atoms with Crippen molar-refractivity contribution in [3.63, 3.8) is 0 Å². The minimum Gasteiger partial charge on any atom is -0.393 e. The highest BCUT2D eigenvalue weighted by atomic mass is 16.3. The first-order valence-corrected chi connectivity index (χ1v) is 4.55. The monoisotopic (exact) mass is 171 g/mol. The molecule has 1 amide bonds. The molecule has 3 heteroatoms. The molecule has 1 saturated heterocycles. The average Bonchev–Trinajstić information content (AvgIpc) is 1.94. The van der Waals surface area contributed by atoms with Crippen LogP contribution < -0.4 is 0 Å². The summed E-state index contributed by atoms with van der Waals surface area (Å²) in [5, 5.41) is 9.18. The fourth-order valence-corrected chi connectivity index (χ4v) is 1.50. The van der Waals surface area contributed by atoms with E-state index in [2.05, 4.69) is 13.8 Å². The minimum atomic E-state index is -0.402. The number of aliphatic hydroxyl groups is 1. The Kier molecular flexibility index (Phi) is 3.09. The van der Waals surface area contributed by atoms with Crippen LogP contribution in [0.3, 0.4) is 0 Å². The fourth-order valence-electron chi connectivity index (χ4n) is 1.50. The molecule has 0 aromatic carbocycles. The van der Waals surface area contributed by atoms with Gasteiger partial charge in [0.15, 0.2) is 0 Å². The second-order valence-corrected chi connectivity index (χ2v) is 3.88. The molecule has 70 valence electrons. The molecule has 1 unspecified atom stereocenters. The topological polar surface area (TPSA) is 40.5 Å². The van der Waals surface area contributed by atoms with Gasteiger partial charge in [0.25, 0.3) is 0 Å². The molecule has 0 aromatic heterocycles. The molecule has 0 saturated carbocycles. The maximum atomic E-state index is 11.3. The number of nitrogens with zero attached hydrogens (tertiary/aromatic N) is 1. The molecule has 1 aliphatic rings. The van der Waals surface area contributed by atoms with Crippen molar-refractivity contribution in [1.82, 2.24) is 4.90 Å². The van der Waals surface area contributed by atoms with Gasteiger partial charge in [0.1, 0.15) is 0 Å². The summed E-state index contributed by atoms with van der Waals surface area (Å²) >= 11 is 0. The number of likely N-dealkylation sites (tertiary alicyclic amines) is 1. The van der Waals surface area contributed by atoms with Gasteiger partial charge in [-0.15, -0.1) is 0 Å².